The van der Waals surface area contributed by atoms with Gasteiger partial charge in [-0.25, -0.2) is 9.18 Å². The van der Waals surface area contributed by atoms with E-state index in [4.69, 9.17) is 4.74 Å². The van der Waals surface area contributed by atoms with Crippen LogP contribution in [0.5, 0.6) is 0 Å². The second-order valence-corrected chi connectivity index (χ2v) is 5.60. The van der Waals surface area contributed by atoms with Crippen LogP contribution in [0.25, 0.3) is 0 Å². The highest BCUT2D eigenvalue weighted by molar-refractivity contribution is 6.15. The lowest BCUT2D eigenvalue weighted by atomic mass is 9.97. The summed E-state index contributed by atoms with van der Waals surface area (Å²) in [5, 5.41) is 0. The largest absolute Gasteiger partial charge is 0.457 e. The van der Waals surface area contributed by atoms with Gasteiger partial charge in [-0.1, -0.05) is 31.0 Å². The van der Waals surface area contributed by atoms with E-state index in [2.05, 4.69) is 11.8 Å². The average Bonchev–Trinajstić information content (AvgIpc) is 2.43. The number of hydrogen-bond donors (Lipinski definition) is 0. The summed E-state index contributed by atoms with van der Waals surface area (Å²) in [6, 6.07) is 8.70. The molecule has 1 atom stereocenters. The van der Waals surface area contributed by atoms with E-state index in [9.17, 15) is 14.0 Å². The minimum atomic E-state index is -2.73. The summed E-state index contributed by atoms with van der Waals surface area (Å²) >= 11 is 0. The monoisotopic (exact) mass is 290 g/mol. The molecule has 0 aliphatic rings. The number of Topliss-reactive ketones (excluding diaryl/α,β-unsaturated/α-hetero) is 1. The molecule has 0 aliphatic carbocycles. The molecule has 21 heavy (non-hydrogen) atoms. The molecule has 0 fully saturated rings. The lowest BCUT2D eigenvalue weighted by Gasteiger charge is -2.25. The van der Waals surface area contributed by atoms with Crippen LogP contribution in [0.2, 0.25) is 0 Å². The van der Waals surface area contributed by atoms with Crippen molar-refractivity contribution in [2.24, 2.45) is 0 Å². The highest BCUT2D eigenvalue weighted by atomic mass is 19.1. The van der Waals surface area contributed by atoms with Gasteiger partial charge in [0, 0.05) is 5.56 Å². The summed E-state index contributed by atoms with van der Waals surface area (Å²) in [6.45, 7) is 6.25. The zero-order chi connectivity index (χ0) is 16.1. The molecule has 112 valence electrons. The van der Waals surface area contributed by atoms with Gasteiger partial charge in [0.15, 0.2) is 0 Å². The molecule has 1 rings (SSSR count). The SMILES string of the molecule is CCC(F)(C(=O)C#Cc1ccccc1)C(=O)OC(C)(C)C. The molecule has 1 unspecified atom stereocenters. The topological polar surface area (TPSA) is 43.4 Å². The summed E-state index contributed by atoms with van der Waals surface area (Å²) in [4.78, 5) is 23.8. The molecule has 0 saturated heterocycles. The Kier molecular flexibility index (Phi) is 5.26. The van der Waals surface area contributed by atoms with Crippen LogP contribution in [-0.4, -0.2) is 23.0 Å². The predicted molar refractivity (Wildman–Crippen MR) is 78.3 cm³/mol. The minimum Gasteiger partial charge on any atom is -0.457 e. The van der Waals surface area contributed by atoms with Gasteiger partial charge in [0.25, 0.3) is 11.5 Å². The van der Waals surface area contributed by atoms with Crippen molar-refractivity contribution >= 4 is 11.8 Å². The number of ketones is 1. The average molecular weight is 290 g/mol. The molecule has 0 aliphatic heterocycles. The van der Waals surface area contributed by atoms with Crippen LogP contribution >= 0.6 is 0 Å². The van der Waals surface area contributed by atoms with Crippen LogP contribution < -0.4 is 0 Å². The first-order valence-electron chi connectivity index (χ1n) is 6.73. The Bertz CT molecular complexity index is 576. The van der Waals surface area contributed by atoms with E-state index < -0.39 is 23.0 Å². The van der Waals surface area contributed by atoms with E-state index in [0.29, 0.717) is 5.56 Å². The molecule has 0 aromatic heterocycles. The van der Waals surface area contributed by atoms with Crippen LogP contribution in [0.15, 0.2) is 30.3 Å². The smallest absolute Gasteiger partial charge is 0.353 e. The van der Waals surface area contributed by atoms with Crippen molar-refractivity contribution in [3.8, 4) is 11.8 Å². The number of ether oxygens (including phenoxy) is 1. The molecule has 1 aromatic rings. The fraction of sp³-hybridized carbons (Fsp3) is 0.412. The highest BCUT2D eigenvalue weighted by Gasteiger charge is 2.47. The third kappa shape index (κ3) is 4.71. The maximum atomic E-state index is 14.6. The fourth-order valence-corrected chi connectivity index (χ4v) is 1.51. The second-order valence-electron chi connectivity index (χ2n) is 5.60. The van der Waals surface area contributed by atoms with Gasteiger partial charge in [-0.05, 0) is 45.2 Å². The number of alkyl halides is 1. The van der Waals surface area contributed by atoms with E-state index in [-0.39, 0.29) is 6.42 Å². The zero-order valence-corrected chi connectivity index (χ0v) is 12.7. The third-order valence-electron chi connectivity index (χ3n) is 2.66. The molecule has 3 nitrogen and oxygen atoms in total. The first-order valence-corrected chi connectivity index (χ1v) is 6.73. The van der Waals surface area contributed by atoms with E-state index >= 15 is 0 Å². The van der Waals surface area contributed by atoms with Gasteiger partial charge >= 0.3 is 5.97 Å². The first kappa shape index (κ1) is 16.9. The number of esters is 1. The number of benzene rings is 1. The summed E-state index contributed by atoms with van der Waals surface area (Å²) in [6.07, 6.45) is -0.315. The molecular formula is C17H19FO3. The molecule has 1 aromatic carbocycles. The van der Waals surface area contributed by atoms with Gasteiger partial charge in [0.2, 0.25) is 0 Å². The number of carbonyl (C=O) groups is 2. The number of hydrogen-bond acceptors (Lipinski definition) is 3. The Morgan fingerprint density at radius 2 is 1.76 bits per heavy atom. The van der Waals surface area contributed by atoms with E-state index in [1.165, 1.54) is 6.92 Å². The summed E-state index contributed by atoms with van der Waals surface area (Å²) in [5.41, 5.74) is -3.01. The standard InChI is InChI=1S/C17H19FO3/c1-5-17(18,15(20)21-16(2,3)4)14(19)12-11-13-9-7-6-8-10-13/h6-10H,5H2,1-4H3. The summed E-state index contributed by atoms with van der Waals surface area (Å²) in [7, 11) is 0. The van der Waals surface area contributed by atoms with Crippen LogP contribution in [0.3, 0.4) is 0 Å². The van der Waals surface area contributed by atoms with Crippen LogP contribution in [-0.2, 0) is 14.3 Å². The molecule has 0 heterocycles. The Balaban J connectivity index is 2.96. The quantitative estimate of drug-likeness (QED) is 0.488. The molecule has 0 spiro atoms. The number of carbonyl (C=O) groups excluding carboxylic acids is 2. The highest BCUT2D eigenvalue weighted by Crippen LogP contribution is 2.23. The number of rotatable bonds is 3. The van der Waals surface area contributed by atoms with Gasteiger partial charge < -0.3 is 4.74 Å². The third-order valence-corrected chi connectivity index (χ3v) is 2.66. The molecule has 0 radical (unpaired) electrons. The minimum absolute atomic E-state index is 0.315. The van der Waals surface area contributed by atoms with E-state index in [0.717, 1.165) is 0 Å². The van der Waals surface area contributed by atoms with Gasteiger partial charge in [0.05, 0.1) is 0 Å². The van der Waals surface area contributed by atoms with Crippen molar-refractivity contribution < 1.29 is 18.7 Å². The van der Waals surface area contributed by atoms with Gasteiger partial charge in [0.1, 0.15) is 5.60 Å². The molecule has 0 bridgehead atoms. The summed E-state index contributed by atoms with van der Waals surface area (Å²) in [5.74, 6) is 2.48. The molecule has 0 saturated carbocycles. The predicted octanol–water partition coefficient (Wildman–Crippen LogP) is 3.07. The number of halogens is 1. The lowest BCUT2D eigenvalue weighted by Crippen LogP contribution is -2.45. The van der Waals surface area contributed by atoms with Crippen LogP contribution in [0.1, 0.15) is 39.7 Å². The second kappa shape index (κ2) is 6.53. The Labute approximate surface area is 124 Å². The van der Waals surface area contributed by atoms with Crippen LogP contribution in [0.4, 0.5) is 4.39 Å². The van der Waals surface area contributed by atoms with Crippen molar-refractivity contribution in [2.75, 3.05) is 0 Å². The summed E-state index contributed by atoms with van der Waals surface area (Å²) < 4.78 is 19.6. The van der Waals surface area contributed by atoms with Crippen LogP contribution in [0, 0.1) is 11.8 Å². The maximum absolute atomic E-state index is 14.6. The van der Waals surface area contributed by atoms with E-state index in [1.54, 1.807) is 51.1 Å². The molecule has 0 N–H and O–H groups in total. The van der Waals surface area contributed by atoms with Crippen molar-refractivity contribution in [1.29, 1.82) is 0 Å². The zero-order valence-electron chi connectivity index (χ0n) is 12.7. The Hall–Kier alpha value is -2.15. The molecular weight excluding hydrogens is 271 g/mol. The van der Waals surface area contributed by atoms with E-state index in [1.807, 2.05) is 0 Å². The fourth-order valence-electron chi connectivity index (χ4n) is 1.51. The Morgan fingerprint density at radius 1 is 1.19 bits per heavy atom. The molecule has 0 amide bonds. The Morgan fingerprint density at radius 3 is 2.24 bits per heavy atom. The lowest BCUT2D eigenvalue weighted by molar-refractivity contribution is -0.171. The normalized spacial score (nSPS) is 13.6. The van der Waals surface area contributed by atoms with Crippen molar-refractivity contribution in [3.05, 3.63) is 35.9 Å². The first-order chi connectivity index (χ1) is 9.69. The maximum Gasteiger partial charge on any atom is 0.353 e. The van der Waals surface area contributed by atoms with Gasteiger partial charge in [-0.2, -0.15) is 0 Å². The molecule has 4 heteroatoms. The van der Waals surface area contributed by atoms with Crippen molar-refractivity contribution in [2.45, 2.75) is 45.4 Å². The van der Waals surface area contributed by atoms with Crippen molar-refractivity contribution in [1.82, 2.24) is 0 Å². The van der Waals surface area contributed by atoms with Crippen molar-refractivity contribution in [3.63, 3.8) is 0 Å². The van der Waals surface area contributed by atoms with Gasteiger partial charge in [-0.15, -0.1) is 0 Å². The van der Waals surface area contributed by atoms with Gasteiger partial charge in [-0.3, -0.25) is 4.79 Å².